The molecule has 6 heteroatoms. The highest BCUT2D eigenvalue weighted by molar-refractivity contribution is 5.94. The molecule has 1 rings (SSSR count). The summed E-state index contributed by atoms with van der Waals surface area (Å²) in [5, 5.41) is 0. The summed E-state index contributed by atoms with van der Waals surface area (Å²) in [5.41, 5.74) is 6.46. The molecule has 0 amide bonds. The Kier molecular flexibility index (Phi) is 7.46. The molecule has 112 valence electrons. The van der Waals surface area contributed by atoms with Gasteiger partial charge in [-0.25, -0.2) is 4.79 Å². The smallest absolute Gasteiger partial charge is 0.342 e. The third-order valence-corrected chi connectivity index (χ3v) is 2.57. The molecule has 0 bridgehead atoms. The van der Waals surface area contributed by atoms with E-state index in [0.29, 0.717) is 43.2 Å². The van der Waals surface area contributed by atoms with Crippen LogP contribution in [0, 0.1) is 0 Å². The quantitative estimate of drug-likeness (QED) is 0.420. The van der Waals surface area contributed by atoms with Gasteiger partial charge in [0.25, 0.3) is 0 Å². The van der Waals surface area contributed by atoms with Gasteiger partial charge in [-0.3, -0.25) is 0 Å². The summed E-state index contributed by atoms with van der Waals surface area (Å²) >= 11 is 0. The number of para-hydroxylation sites is 1. The lowest BCUT2D eigenvalue weighted by atomic mass is 10.2. The standard InChI is InChI=1S/C14H21NO5/c1-17-9-10-19-7-4-8-20-14(16)11-5-3-6-12(15)13(11)18-2/h3,5-6H,4,7-10,15H2,1-2H3. The molecule has 2 N–H and O–H groups in total. The van der Waals surface area contributed by atoms with Crippen molar-refractivity contribution in [2.75, 3.05) is 46.4 Å². The van der Waals surface area contributed by atoms with Gasteiger partial charge in [0.2, 0.25) is 0 Å². The Morgan fingerprint density at radius 3 is 2.65 bits per heavy atom. The van der Waals surface area contributed by atoms with E-state index in [1.165, 1.54) is 7.11 Å². The van der Waals surface area contributed by atoms with Crippen molar-refractivity contribution in [3.05, 3.63) is 23.8 Å². The fourth-order valence-corrected chi connectivity index (χ4v) is 1.59. The number of anilines is 1. The lowest BCUT2D eigenvalue weighted by Gasteiger charge is -2.10. The Morgan fingerprint density at radius 2 is 1.95 bits per heavy atom. The molecular formula is C14H21NO5. The zero-order valence-corrected chi connectivity index (χ0v) is 11.9. The van der Waals surface area contributed by atoms with Crippen molar-refractivity contribution in [3.8, 4) is 5.75 Å². The minimum atomic E-state index is -0.453. The van der Waals surface area contributed by atoms with Gasteiger partial charge in [0.05, 0.1) is 32.6 Å². The molecule has 0 spiro atoms. The first-order valence-electron chi connectivity index (χ1n) is 6.37. The highest BCUT2D eigenvalue weighted by Crippen LogP contribution is 2.26. The minimum Gasteiger partial charge on any atom is -0.494 e. The van der Waals surface area contributed by atoms with Crippen LogP contribution in [-0.4, -0.2) is 46.6 Å². The molecule has 1 aromatic carbocycles. The number of methoxy groups -OCH3 is 2. The second-order valence-corrected chi connectivity index (χ2v) is 4.02. The van der Waals surface area contributed by atoms with Gasteiger partial charge in [0, 0.05) is 20.1 Å². The van der Waals surface area contributed by atoms with Crippen molar-refractivity contribution >= 4 is 11.7 Å². The Bertz CT molecular complexity index is 422. The van der Waals surface area contributed by atoms with Crippen LogP contribution in [0.4, 0.5) is 5.69 Å². The van der Waals surface area contributed by atoms with Crippen LogP contribution >= 0.6 is 0 Å². The van der Waals surface area contributed by atoms with Crippen LogP contribution in [0.3, 0.4) is 0 Å². The molecule has 0 aliphatic carbocycles. The predicted octanol–water partition coefficient (Wildman–Crippen LogP) is 1.49. The third-order valence-electron chi connectivity index (χ3n) is 2.57. The molecule has 6 nitrogen and oxygen atoms in total. The van der Waals surface area contributed by atoms with Crippen LogP contribution in [0.15, 0.2) is 18.2 Å². The van der Waals surface area contributed by atoms with Gasteiger partial charge in [0.15, 0.2) is 5.75 Å². The number of esters is 1. The number of carbonyl (C=O) groups is 1. The molecule has 0 aliphatic rings. The van der Waals surface area contributed by atoms with Gasteiger partial charge in [-0.15, -0.1) is 0 Å². The highest BCUT2D eigenvalue weighted by atomic mass is 16.5. The highest BCUT2D eigenvalue weighted by Gasteiger charge is 2.15. The maximum Gasteiger partial charge on any atom is 0.342 e. The lowest BCUT2D eigenvalue weighted by molar-refractivity contribution is 0.0383. The van der Waals surface area contributed by atoms with E-state index < -0.39 is 5.97 Å². The van der Waals surface area contributed by atoms with Crippen LogP contribution < -0.4 is 10.5 Å². The largest absolute Gasteiger partial charge is 0.494 e. The molecule has 0 saturated carbocycles. The van der Waals surface area contributed by atoms with E-state index in [9.17, 15) is 4.79 Å². The molecule has 0 fully saturated rings. The van der Waals surface area contributed by atoms with Crippen LogP contribution in [0.5, 0.6) is 5.75 Å². The summed E-state index contributed by atoms with van der Waals surface area (Å²) in [6.07, 6.45) is 0.625. The molecule has 0 atom stereocenters. The normalized spacial score (nSPS) is 10.3. The van der Waals surface area contributed by atoms with Gasteiger partial charge in [-0.2, -0.15) is 0 Å². The number of carbonyl (C=O) groups excluding carboxylic acids is 1. The number of nitrogen functional groups attached to an aromatic ring is 1. The van der Waals surface area contributed by atoms with Crippen LogP contribution in [-0.2, 0) is 14.2 Å². The third kappa shape index (κ3) is 5.07. The van der Waals surface area contributed by atoms with Crippen LogP contribution in [0.1, 0.15) is 16.8 Å². The fraction of sp³-hybridized carbons (Fsp3) is 0.500. The summed E-state index contributed by atoms with van der Waals surface area (Å²) < 4.78 is 20.4. The number of hydrogen-bond acceptors (Lipinski definition) is 6. The Balaban J connectivity index is 2.35. The Morgan fingerprint density at radius 1 is 1.15 bits per heavy atom. The maximum atomic E-state index is 11.9. The number of ether oxygens (including phenoxy) is 4. The van der Waals surface area contributed by atoms with Crippen molar-refractivity contribution in [1.82, 2.24) is 0 Å². The second-order valence-electron chi connectivity index (χ2n) is 4.02. The Labute approximate surface area is 118 Å². The summed E-state index contributed by atoms with van der Waals surface area (Å²) in [5.74, 6) is -0.111. The van der Waals surface area contributed by atoms with E-state index >= 15 is 0 Å². The van der Waals surface area contributed by atoms with Crippen molar-refractivity contribution in [2.24, 2.45) is 0 Å². The molecular weight excluding hydrogens is 262 g/mol. The fourth-order valence-electron chi connectivity index (χ4n) is 1.59. The van der Waals surface area contributed by atoms with Gasteiger partial charge in [-0.05, 0) is 12.1 Å². The molecule has 0 unspecified atom stereocenters. The molecule has 0 aliphatic heterocycles. The summed E-state index contributed by atoms with van der Waals surface area (Å²) in [7, 11) is 3.08. The molecule has 0 heterocycles. The summed E-state index contributed by atoms with van der Waals surface area (Å²) in [6.45, 7) is 1.89. The first-order valence-corrected chi connectivity index (χ1v) is 6.37. The number of rotatable bonds is 9. The van der Waals surface area contributed by atoms with Gasteiger partial charge in [-0.1, -0.05) is 6.07 Å². The Hall–Kier alpha value is -1.79. The first kappa shape index (κ1) is 16.3. The second kappa shape index (κ2) is 9.17. The number of nitrogens with two attached hydrogens (primary N) is 1. The van der Waals surface area contributed by atoms with E-state index in [1.807, 2.05) is 0 Å². The number of hydrogen-bond donors (Lipinski definition) is 1. The van der Waals surface area contributed by atoms with Crippen LogP contribution in [0.25, 0.3) is 0 Å². The summed E-state index contributed by atoms with van der Waals surface area (Å²) in [4.78, 5) is 11.9. The molecule has 20 heavy (non-hydrogen) atoms. The minimum absolute atomic E-state index is 0.282. The van der Waals surface area contributed by atoms with Crippen molar-refractivity contribution < 1.29 is 23.7 Å². The molecule has 1 aromatic rings. The average molecular weight is 283 g/mol. The van der Waals surface area contributed by atoms with E-state index in [1.54, 1.807) is 25.3 Å². The van der Waals surface area contributed by atoms with Crippen molar-refractivity contribution in [3.63, 3.8) is 0 Å². The first-order chi connectivity index (χ1) is 9.70. The van der Waals surface area contributed by atoms with Crippen LogP contribution in [0.2, 0.25) is 0 Å². The van der Waals surface area contributed by atoms with E-state index in [4.69, 9.17) is 24.7 Å². The lowest BCUT2D eigenvalue weighted by Crippen LogP contribution is -2.11. The molecule has 0 aromatic heterocycles. The topological polar surface area (TPSA) is 80.0 Å². The zero-order chi connectivity index (χ0) is 14.8. The van der Waals surface area contributed by atoms with E-state index in [0.717, 1.165) is 0 Å². The van der Waals surface area contributed by atoms with Gasteiger partial charge < -0.3 is 24.7 Å². The van der Waals surface area contributed by atoms with Gasteiger partial charge in [0.1, 0.15) is 5.56 Å². The average Bonchev–Trinajstić information content (AvgIpc) is 2.45. The number of benzene rings is 1. The molecule has 0 radical (unpaired) electrons. The van der Waals surface area contributed by atoms with E-state index in [2.05, 4.69) is 0 Å². The molecule has 0 saturated heterocycles. The predicted molar refractivity (Wildman–Crippen MR) is 75.0 cm³/mol. The van der Waals surface area contributed by atoms with Crippen molar-refractivity contribution in [2.45, 2.75) is 6.42 Å². The van der Waals surface area contributed by atoms with E-state index in [-0.39, 0.29) is 6.61 Å². The van der Waals surface area contributed by atoms with Crippen molar-refractivity contribution in [1.29, 1.82) is 0 Å². The zero-order valence-electron chi connectivity index (χ0n) is 11.9. The maximum absolute atomic E-state index is 11.9. The van der Waals surface area contributed by atoms with Gasteiger partial charge >= 0.3 is 5.97 Å². The summed E-state index contributed by atoms with van der Waals surface area (Å²) in [6, 6.07) is 4.97. The SMILES string of the molecule is COCCOCCCOC(=O)c1cccc(N)c1OC. The monoisotopic (exact) mass is 283 g/mol.